The van der Waals surface area contributed by atoms with E-state index in [1.165, 1.54) is 11.8 Å². The minimum Gasteiger partial charge on any atom is -0.368 e. The minimum atomic E-state index is -3.01. The molecule has 2 fully saturated rings. The number of nitrogens with one attached hydrogen (secondary N) is 1. The number of anilines is 3. The third kappa shape index (κ3) is 5.78. The molecule has 6 rings (SSSR count). The molecule has 4 aromatic rings. The summed E-state index contributed by atoms with van der Waals surface area (Å²) in [4.78, 5) is 16.2. The molecule has 2 saturated heterocycles. The molecule has 11 heteroatoms. The maximum atomic E-state index is 11.9. The minimum absolute atomic E-state index is 0.0366. The Bertz CT molecular complexity index is 1660. The van der Waals surface area contributed by atoms with Crippen molar-refractivity contribution < 1.29 is 13.2 Å². The predicted molar refractivity (Wildman–Crippen MR) is 161 cm³/mol. The van der Waals surface area contributed by atoms with Gasteiger partial charge in [0, 0.05) is 61.0 Å². The third-order valence-corrected chi connectivity index (χ3v) is 9.22. The molecule has 1 unspecified atom stereocenters. The highest BCUT2D eigenvalue weighted by atomic mass is 32.2. The standard InChI is InChI=1S/C30H37N7O3S/c1-19(2)23-8-9-26(36-16-22(20(36)3)18-41(4,38)39)25-15-32-28(13-24(23)25)34-27-10-11-31-30(35-27)21-14-33-37(17-21)29-7-5-6-12-40-29/h8-11,13-15,17,19-20,22,29H,5-7,12,16,18H2,1-4H3,(H,31,32,34,35)/t20-,22-,29?/m1/s1. The van der Waals surface area contributed by atoms with Crippen molar-refractivity contribution in [3.63, 3.8) is 0 Å². The Balaban J connectivity index is 1.25. The first-order chi connectivity index (χ1) is 19.7. The Morgan fingerprint density at radius 1 is 1.10 bits per heavy atom. The smallest absolute Gasteiger partial charge is 0.164 e. The SMILES string of the molecule is CC(C)c1ccc(N2C[C@H](CS(C)(=O)=O)[C@H]2C)c2cnc(Nc3ccnc(-c4cnn(C5CCCCO5)c4)n3)cc12. The Labute approximate surface area is 241 Å². The fraction of sp³-hybridized carbons (Fsp3) is 0.467. The summed E-state index contributed by atoms with van der Waals surface area (Å²) in [6, 6.07) is 8.37. The van der Waals surface area contributed by atoms with E-state index in [0.717, 1.165) is 54.4 Å². The molecule has 2 aliphatic rings. The maximum absolute atomic E-state index is 11.9. The number of hydrogen-bond acceptors (Lipinski definition) is 9. The topological polar surface area (TPSA) is 115 Å². The lowest BCUT2D eigenvalue weighted by Crippen LogP contribution is -2.57. The van der Waals surface area contributed by atoms with E-state index in [1.807, 2.05) is 23.1 Å². The van der Waals surface area contributed by atoms with Gasteiger partial charge in [0.05, 0.1) is 17.5 Å². The predicted octanol–water partition coefficient (Wildman–Crippen LogP) is 5.32. The van der Waals surface area contributed by atoms with Gasteiger partial charge in [0.25, 0.3) is 0 Å². The average Bonchev–Trinajstić information content (AvgIpc) is 3.45. The van der Waals surface area contributed by atoms with Crippen molar-refractivity contribution in [1.29, 1.82) is 0 Å². The van der Waals surface area contributed by atoms with E-state index < -0.39 is 9.84 Å². The van der Waals surface area contributed by atoms with Crippen LogP contribution in [-0.2, 0) is 14.6 Å². The van der Waals surface area contributed by atoms with E-state index in [-0.39, 0.29) is 23.9 Å². The van der Waals surface area contributed by atoms with Crippen molar-refractivity contribution in [2.45, 2.75) is 58.2 Å². The summed E-state index contributed by atoms with van der Waals surface area (Å²) in [7, 11) is -3.01. The van der Waals surface area contributed by atoms with Crippen LogP contribution in [0.5, 0.6) is 0 Å². The molecule has 3 atom stereocenters. The quantitative estimate of drug-likeness (QED) is 0.298. The number of fused-ring (bicyclic) bond motifs is 1. The van der Waals surface area contributed by atoms with E-state index in [2.05, 4.69) is 59.3 Å². The van der Waals surface area contributed by atoms with E-state index in [1.54, 1.807) is 12.4 Å². The fourth-order valence-corrected chi connectivity index (χ4v) is 7.06. The second-order valence-corrected chi connectivity index (χ2v) is 13.8. The van der Waals surface area contributed by atoms with Crippen molar-refractivity contribution in [2.75, 3.05) is 35.4 Å². The monoisotopic (exact) mass is 575 g/mol. The molecule has 0 saturated carbocycles. The lowest BCUT2D eigenvalue weighted by Gasteiger charge is -2.48. The highest BCUT2D eigenvalue weighted by Gasteiger charge is 2.38. The van der Waals surface area contributed by atoms with Crippen LogP contribution in [0, 0.1) is 5.92 Å². The molecule has 5 heterocycles. The molecule has 2 aliphatic heterocycles. The summed E-state index contributed by atoms with van der Waals surface area (Å²) in [5.74, 6) is 2.59. The second kappa shape index (κ2) is 11.0. The Hall–Kier alpha value is -3.57. The van der Waals surface area contributed by atoms with E-state index in [4.69, 9.17) is 14.7 Å². The van der Waals surface area contributed by atoms with E-state index >= 15 is 0 Å². The zero-order valence-electron chi connectivity index (χ0n) is 24.0. The number of rotatable bonds is 8. The number of nitrogens with zero attached hydrogens (tertiary/aromatic N) is 6. The molecule has 0 radical (unpaired) electrons. The van der Waals surface area contributed by atoms with Gasteiger partial charge in [-0.3, -0.25) is 0 Å². The summed E-state index contributed by atoms with van der Waals surface area (Å²) in [6.07, 6.45) is 11.8. The number of sulfone groups is 1. The molecule has 0 bridgehead atoms. The zero-order valence-corrected chi connectivity index (χ0v) is 24.8. The Kier molecular flexibility index (Phi) is 7.41. The van der Waals surface area contributed by atoms with Crippen molar-refractivity contribution in [1.82, 2.24) is 24.7 Å². The van der Waals surface area contributed by atoms with Crippen LogP contribution in [0.2, 0.25) is 0 Å². The molecule has 10 nitrogen and oxygen atoms in total. The first-order valence-electron chi connectivity index (χ1n) is 14.3. The average molecular weight is 576 g/mol. The maximum Gasteiger partial charge on any atom is 0.164 e. The number of ether oxygens (including phenoxy) is 1. The van der Waals surface area contributed by atoms with E-state index in [9.17, 15) is 8.42 Å². The van der Waals surface area contributed by atoms with Crippen LogP contribution < -0.4 is 10.2 Å². The van der Waals surface area contributed by atoms with Crippen LogP contribution in [0.4, 0.5) is 17.3 Å². The summed E-state index contributed by atoms with van der Waals surface area (Å²) >= 11 is 0. The van der Waals surface area contributed by atoms with Crippen molar-refractivity contribution >= 4 is 37.9 Å². The second-order valence-electron chi connectivity index (χ2n) is 11.6. The largest absolute Gasteiger partial charge is 0.368 e. The summed E-state index contributed by atoms with van der Waals surface area (Å²) in [5, 5.41) is 10.0. The van der Waals surface area contributed by atoms with E-state index in [0.29, 0.717) is 23.4 Å². The van der Waals surface area contributed by atoms with Gasteiger partial charge in [-0.2, -0.15) is 5.10 Å². The first kappa shape index (κ1) is 27.6. The van der Waals surface area contributed by atoms with Crippen molar-refractivity contribution in [3.05, 3.63) is 54.6 Å². The number of pyridine rings is 1. The van der Waals surface area contributed by atoms with Gasteiger partial charge in [-0.1, -0.05) is 19.9 Å². The highest BCUT2D eigenvalue weighted by Crippen LogP contribution is 2.39. The number of hydrogen-bond donors (Lipinski definition) is 1. The Morgan fingerprint density at radius 3 is 2.68 bits per heavy atom. The van der Waals surface area contributed by atoms with Gasteiger partial charge in [0.1, 0.15) is 27.7 Å². The van der Waals surface area contributed by atoms with Gasteiger partial charge in [-0.05, 0) is 61.3 Å². The molecule has 3 aromatic heterocycles. The third-order valence-electron chi connectivity index (χ3n) is 8.19. The number of benzene rings is 1. The normalized spacial score (nSPS) is 21.3. The molecule has 1 N–H and O–H groups in total. The molecular formula is C30H37N7O3S. The van der Waals surface area contributed by atoms with Crippen LogP contribution in [0.15, 0.2) is 49.1 Å². The van der Waals surface area contributed by atoms with Gasteiger partial charge >= 0.3 is 0 Å². The van der Waals surface area contributed by atoms with Gasteiger partial charge in [-0.25, -0.2) is 28.1 Å². The van der Waals surface area contributed by atoms with Gasteiger partial charge < -0.3 is 15.0 Å². The fourth-order valence-electron chi connectivity index (χ4n) is 5.90. The van der Waals surface area contributed by atoms with Crippen LogP contribution in [0.25, 0.3) is 22.2 Å². The van der Waals surface area contributed by atoms with Crippen molar-refractivity contribution in [3.8, 4) is 11.4 Å². The van der Waals surface area contributed by atoms with Gasteiger partial charge in [0.15, 0.2) is 5.82 Å². The van der Waals surface area contributed by atoms with Crippen LogP contribution in [-0.4, -0.2) is 64.4 Å². The molecule has 0 spiro atoms. The first-order valence-corrected chi connectivity index (χ1v) is 16.4. The lowest BCUT2D eigenvalue weighted by atomic mass is 9.88. The molecule has 0 aliphatic carbocycles. The van der Waals surface area contributed by atoms with Gasteiger partial charge in [-0.15, -0.1) is 0 Å². The van der Waals surface area contributed by atoms with Crippen LogP contribution in [0.3, 0.4) is 0 Å². The van der Waals surface area contributed by atoms with Crippen LogP contribution >= 0.6 is 0 Å². The van der Waals surface area contributed by atoms with Gasteiger partial charge in [0.2, 0.25) is 0 Å². The lowest BCUT2D eigenvalue weighted by molar-refractivity contribution is -0.0394. The summed E-state index contributed by atoms with van der Waals surface area (Å²) in [5.41, 5.74) is 3.15. The zero-order chi connectivity index (χ0) is 28.7. The highest BCUT2D eigenvalue weighted by molar-refractivity contribution is 7.90. The molecule has 216 valence electrons. The molecule has 1 aromatic carbocycles. The Morgan fingerprint density at radius 2 is 1.95 bits per heavy atom. The molecule has 0 amide bonds. The summed E-state index contributed by atoms with van der Waals surface area (Å²) in [6.45, 7) is 7.95. The molecular weight excluding hydrogens is 538 g/mol. The summed E-state index contributed by atoms with van der Waals surface area (Å²) < 4.78 is 31.4. The van der Waals surface area contributed by atoms with Crippen molar-refractivity contribution in [2.24, 2.45) is 5.92 Å². The van der Waals surface area contributed by atoms with Crippen LogP contribution in [0.1, 0.15) is 57.7 Å². The number of aromatic nitrogens is 5. The molecule has 41 heavy (non-hydrogen) atoms.